The second kappa shape index (κ2) is 4.44. The third-order valence-electron chi connectivity index (χ3n) is 2.84. The molecule has 2 rings (SSSR count). The van der Waals surface area contributed by atoms with Crippen molar-refractivity contribution in [2.75, 3.05) is 25.9 Å². The number of rotatable bonds is 2. The van der Waals surface area contributed by atoms with Gasteiger partial charge in [0.2, 0.25) is 0 Å². The van der Waals surface area contributed by atoms with E-state index >= 15 is 0 Å². The van der Waals surface area contributed by atoms with Crippen LogP contribution in [0, 0.1) is 5.92 Å². The van der Waals surface area contributed by atoms with Crippen LogP contribution in [-0.4, -0.2) is 47.2 Å². The number of methoxy groups -OCH3 is 1. The van der Waals surface area contributed by atoms with Gasteiger partial charge >= 0.3 is 5.97 Å². The van der Waals surface area contributed by atoms with E-state index < -0.39 is 0 Å². The summed E-state index contributed by atoms with van der Waals surface area (Å²) in [5.74, 6) is -0.425. The lowest BCUT2D eigenvalue weighted by atomic mass is 10.1. The molecule has 1 aliphatic heterocycles. The predicted molar refractivity (Wildman–Crippen MR) is 59.0 cm³/mol. The van der Waals surface area contributed by atoms with Gasteiger partial charge in [-0.15, -0.1) is 0 Å². The monoisotopic (exact) mass is 238 g/mol. The Morgan fingerprint density at radius 3 is 3.00 bits per heavy atom. The van der Waals surface area contributed by atoms with Crippen LogP contribution in [0.25, 0.3) is 0 Å². The summed E-state index contributed by atoms with van der Waals surface area (Å²) in [7, 11) is 1.35. The van der Waals surface area contributed by atoms with Crippen LogP contribution in [0.5, 0.6) is 0 Å². The van der Waals surface area contributed by atoms with Gasteiger partial charge in [-0.2, -0.15) is 5.10 Å². The summed E-state index contributed by atoms with van der Waals surface area (Å²) in [5.41, 5.74) is 5.77. The summed E-state index contributed by atoms with van der Waals surface area (Å²) in [5, 5.41) is 6.25. The standard InChI is InChI=1S/C10H14N4O3/c1-17-10(16)6-2-3-14(5-6)9(15)7-4-8(11)13-12-7/h4,6H,2-3,5H2,1H3,(H3,11,12,13). The number of nitrogens with two attached hydrogens (primary N) is 1. The first-order chi connectivity index (χ1) is 8.11. The van der Waals surface area contributed by atoms with Crippen LogP contribution in [0.1, 0.15) is 16.9 Å². The molecule has 1 aromatic rings. The molecule has 17 heavy (non-hydrogen) atoms. The molecule has 0 spiro atoms. The second-order valence-electron chi connectivity index (χ2n) is 3.97. The first-order valence-electron chi connectivity index (χ1n) is 5.30. The number of esters is 1. The number of likely N-dealkylation sites (tertiary alicyclic amines) is 1. The normalized spacial score (nSPS) is 19.4. The van der Waals surface area contributed by atoms with Gasteiger partial charge in [0.1, 0.15) is 11.5 Å². The molecule has 1 aromatic heterocycles. The average Bonchev–Trinajstić information content (AvgIpc) is 2.95. The van der Waals surface area contributed by atoms with Gasteiger partial charge in [-0.05, 0) is 6.42 Å². The summed E-state index contributed by atoms with van der Waals surface area (Å²) in [6, 6.07) is 1.48. The van der Waals surface area contributed by atoms with Crippen molar-refractivity contribution >= 4 is 17.7 Å². The minimum atomic E-state index is -0.274. The van der Waals surface area contributed by atoms with Gasteiger partial charge in [-0.25, -0.2) is 0 Å². The van der Waals surface area contributed by atoms with E-state index in [1.54, 1.807) is 4.90 Å². The molecule has 0 aliphatic carbocycles. The Bertz CT molecular complexity index is 443. The van der Waals surface area contributed by atoms with E-state index in [4.69, 9.17) is 5.73 Å². The van der Waals surface area contributed by atoms with E-state index in [2.05, 4.69) is 14.9 Å². The van der Waals surface area contributed by atoms with E-state index in [0.717, 1.165) is 0 Å². The molecule has 3 N–H and O–H groups in total. The number of aromatic nitrogens is 2. The van der Waals surface area contributed by atoms with Gasteiger partial charge in [0.15, 0.2) is 0 Å². The topological polar surface area (TPSA) is 101 Å². The molecule has 0 aromatic carbocycles. The molecule has 0 saturated carbocycles. The molecule has 1 aliphatic rings. The predicted octanol–water partition coefficient (Wildman–Crippen LogP) is -0.373. The number of nitrogens with zero attached hydrogens (tertiary/aromatic N) is 2. The number of carbonyl (C=O) groups excluding carboxylic acids is 2. The lowest BCUT2D eigenvalue weighted by Crippen LogP contribution is -2.30. The maximum absolute atomic E-state index is 12.0. The number of H-pyrrole nitrogens is 1. The summed E-state index contributed by atoms with van der Waals surface area (Å²) in [4.78, 5) is 24.9. The molecule has 0 bridgehead atoms. The van der Waals surface area contributed by atoms with Crippen LogP contribution in [0.3, 0.4) is 0 Å². The number of hydrogen-bond acceptors (Lipinski definition) is 5. The van der Waals surface area contributed by atoms with Crippen molar-refractivity contribution in [3.8, 4) is 0 Å². The van der Waals surface area contributed by atoms with Crippen molar-refractivity contribution in [2.24, 2.45) is 5.92 Å². The van der Waals surface area contributed by atoms with Crippen molar-refractivity contribution in [3.63, 3.8) is 0 Å². The molecular formula is C10H14N4O3. The smallest absolute Gasteiger partial charge is 0.310 e. The van der Waals surface area contributed by atoms with Crippen molar-refractivity contribution in [2.45, 2.75) is 6.42 Å². The first-order valence-corrected chi connectivity index (χ1v) is 5.30. The average molecular weight is 238 g/mol. The third-order valence-corrected chi connectivity index (χ3v) is 2.84. The van der Waals surface area contributed by atoms with Gasteiger partial charge in [-0.3, -0.25) is 14.7 Å². The molecule has 0 radical (unpaired) electrons. The van der Waals surface area contributed by atoms with E-state index in [0.29, 0.717) is 25.2 Å². The van der Waals surface area contributed by atoms with Crippen LogP contribution in [-0.2, 0) is 9.53 Å². The Kier molecular flexibility index (Phi) is 2.99. The first kappa shape index (κ1) is 11.4. The number of ether oxygens (including phenoxy) is 1. The highest BCUT2D eigenvalue weighted by molar-refractivity contribution is 5.93. The maximum atomic E-state index is 12.0. The molecule has 1 unspecified atom stereocenters. The van der Waals surface area contributed by atoms with Crippen LogP contribution in [0.15, 0.2) is 6.07 Å². The van der Waals surface area contributed by atoms with Gasteiger partial charge in [0.25, 0.3) is 5.91 Å². The Balaban J connectivity index is 2.01. The number of aromatic amines is 1. The molecular weight excluding hydrogens is 224 g/mol. The Morgan fingerprint density at radius 1 is 1.65 bits per heavy atom. The van der Waals surface area contributed by atoms with Gasteiger partial charge in [0.05, 0.1) is 13.0 Å². The highest BCUT2D eigenvalue weighted by Gasteiger charge is 2.32. The largest absolute Gasteiger partial charge is 0.469 e. The van der Waals surface area contributed by atoms with Crippen molar-refractivity contribution < 1.29 is 14.3 Å². The SMILES string of the molecule is COC(=O)C1CCN(C(=O)c2cc(N)n[nH]2)C1. The van der Waals surface area contributed by atoms with Crippen LogP contribution < -0.4 is 5.73 Å². The molecule has 2 heterocycles. The summed E-state index contributed by atoms with van der Waals surface area (Å²) in [6.07, 6.45) is 0.627. The number of carbonyl (C=O) groups is 2. The fraction of sp³-hybridized carbons (Fsp3) is 0.500. The van der Waals surface area contributed by atoms with Crippen LogP contribution in [0.2, 0.25) is 0 Å². The minimum Gasteiger partial charge on any atom is -0.469 e. The lowest BCUT2D eigenvalue weighted by molar-refractivity contribution is -0.144. The van der Waals surface area contributed by atoms with Gasteiger partial charge in [-0.1, -0.05) is 0 Å². The zero-order valence-corrected chi connectivity index (χ0v) is 9.47. The van der Waals surface area contributed by atoms with E-state index in [9.17, 15) is 9.59 Å². The van der Waals surface area contributed by atoms with E-state index in [-0.39, 0.29) is 23.6 Å². The van der Waals surface area contributed by atoms with E-state index in [1.165, 1.54) is 13.2 Å². The highest BCUT2D eigenvalue weighted by atomic mass is 16.5. The number of amides is 1. The van der Waals surface area contributed by atoms with E-state index in [1.807, 2.05) is 0 Å². The molecule has 1 amide bonds. The maximum Gasteiger partial charge on any atom is 0.310 e. The van der Waals surface area contributed by atoms with Gasteiger partial charge < -0.3 is 15.4 Å². The number of hydrogen-bond donors (Lipinski definition) is 2. The molecule has 7 nitrogen and oxygen atoms in total. The quantitative estimate of drug-likeness (QED) is 0.684. The Hall–Kier alpha value is -2.05. The number of nitrogens with one attached hydrogen (secondary N) is 1. The minimum absolute atomic E-state index is 0.194. The Labute approximate surface area is 97.9 Å². The van der Waals surface area contributed by atoms with Crippen molar-refractivity contribution in [3.05, 3.63) is 11.8 Å². The second-order valence-corrected chi connectivity index (χ2v) is 3.97. The zero-order chi connectivity index (χ0) is 12.4. The molecule has 92 valence electrons. The van der Waals surface area contributed by atoms with Crippen LogP contribution in [0.4, 0.5) is 5.82 Å². The van der Waals surface area contributed by atoms with Crippen molar-refractivity contribution in [1.29, 1.82) is 0 Å². The Morgan fingerprint density at radius 2 is 2.41 bits per heavy atom. The van der Waals surface area contributed by atoms with Crippen molar-refractivity contribution in [1.82, 2.24) is 15.1 Å². The molecule has 1 atom stereocenters. The highest BCUT2D eigenvalue weighted by Crippen LogP contribution is 2.19. The van der Waals surface area contributed by atoms with Crippen LogP contribution >= 0.6 is 0 Å². The third kappa shape index (κ3) is 2.22. The molecule has 7 heteroatoms. The summed E-state index contributed by atoms with van der Waals surface area (Å²) >= 11 is 0. The number of anilines is 1. The summed E-state index contributed by atoms with van der Waals surface area (Å²) < 4.78 is 4.65. The molecule has 1 saturated heterocycles. The fourth-order valence-electron chi connectivity index (χ4n) is 1.92. The lowest BCUT2D eigenvalue weighted by Gasteiger charge is -2.14. The van der Waals surface area contributed by atoms with Gasteiger partial charge in [0, 0.05) is 19.2 Å². The molecule has 1 fully saturated rings. The fourth-order valence-corrected chi connectivity index (χ4v) is 1.92. The number of nitrogen functional groups attached to an aromatic ring is 1. The summed E-state index contributed by atoms with van der Waals surface area (Å²) in [6.45, 7) is 0.919. The zero-order valence-electron chi connectivity index (χ0n) is 9.47.